The van der Waals surface area contributed by atoms with Crippen molar-refractivity contribution in [1.29, 1.82) is 0 Å². The van der Waals surface area contributed by atoms with E-state index in [1.54, 1.807) is 24.3 Å². The second kappa shape index (κ2) is 10.0. The number of hydrogen-bond acceptors (Lipinski definition) is 7. The van der Waals surface area contributed by atoms with Gasteiger partial charge in [0.05, 0.1) is 25.7 Å². The minimum Gasteiger partial charge on any atom is -0.497 e. The fourth-order valence-electron chi connectivity index (χ4n) is 3.38. The molecule has 0 aromatic heterocycles. The molecule has 1 N–H and O–H groups in total. The molecule has 0 saturated carbocycles. The molecule has 0 aliphatic carbocycles. The highest BCUT2D eigenvalue weighted by Gasteiger charge is 2.50. The van der Waals surface area contributed by atoms with Crippen LogP contribution >= 0.6 is 0 Å². The molecule has 3 aromatic carbocycles. The number of esters is 1. The van der Waals surface area contributed by atoms with Crippen molar-refractivity contribution >= 4 is 11.7 Å². The molecule has 8 nitrogen and oxygen atoms in total. The molecule has 3 aromatic rings. The van der Waals surface area contributed by atoms with Crippen LogP contribution in [0, 0.1) is 10.1 Å². The second-order valence-corrected chi connectivity index (χ2v) is 6.98. The number of aliphatic hydroxyl groups is 1. The van der Waals surface area contributed by atoms with E-state index < -0.39 is 22.6 Å². The molecule has 8 heteroatoms. The molecule has 0 aliphatic rings. The normalized spacial score (nSPS) is 13.6. The maximum Gasteiger partial charge on any atom is 0.346 e. The van der Waals surface area contributed by atoms with Crippen molar-refractivity contribution < 1.29 is 29.0 Å². The quantitative estimate of drug-likeness (QED) is 0.307. The van der Waals surface area contributed by atoms with Crippen molar-refractivity contribution in [2.75, 3.05) is 14.2 Å². The van der Waals surface area contributed by atoms with E-state index in [1.807, 2.05) is 30.3 Å². The summed E-state index contributed by atoms with van der Waals surface area (Å²) in [5.74, 6) is -0.259. The Kier molecular flexibility index (Phi) is 7.19. The van der Waals surface area contributed by atoms with Crippen molar-refractivity contribution in [1.82, 2.24) is 0 Å². The van der Waals surface area contributed by atoms with E-state index in [9.17, 15) is 20.0 Å². The maximum absolute atomic E-state index is 13.2. The Bertz CT molecular complexity index is 1050. The summed E-state index contributed by atoms with van der Waals surface area (Å²) in [6.45, 7) is 0.00596. The molecule has 0 aliphatic heterocycles. The van der Waals surface area contributed by atoms with Gasteiger partial charge in [0.2, 0.25) is 5.60 Å². The van der Waals surface area contributed by atoms with Crippen molar-refractivity contribution in [2.24, 2.45) is 0 Å². The van der Waals surface area contributed by atoms with Gasteiger partial charge < -0.3 is 19.3 Å². The summed E-state index contributed by atoms with van der Waals surface area (Å²) in [4.78, 5) is 23.6. The Hall–Kier alpha value is -3.75. The minimum atomic E-state index is -1.94. The molecule has 166 valence electrons. The topological polar surface area (TPSA) is 108 Å². The summed E-state index contributed by atoms with van der Waals surface area (Å²) < 4.78 is 16.4. The van der Waals surface area contributed by atoms with Gasteiger partial charge in [-0.3, -0.25) is 10.1 Å². The van der Waals surface area contributed by atoms with Gasteiger partial charge >= 0.3 is 5.97 Å². The van der Waals surface area contributed by atoms with Gasteiger partial charge in [-0.05, 0) is 41.0 Å². The molecule has 2 atom stereocenters. The first kappa shape index (κ1) is 22.9. The Morgan fingerprint density at radius 2 is 1.62 bits per heavy atom. The fraction of sp³-hybridized carbons (Fsp3) is 0.208. The lowest BCUT2D eigenvalue weighted by atomic mass is 9.83. The standard InChI is InChI=1S/C24H23NO7/c1-30-21-14-10-19(11-15-21)24(23(27)31-2,32-16-17-6-4-3-5-7-17)22(26)18-8-12-20(13-9-18)25(28)29/h3-15,22,26H,16H2,1-2H3/t22-,24+/m1/s1. The van der Waals surface area contributed by atoms with E-state index in [0.717, 1.165) is 5.56 Å². The van der Waals surface area contributed by atoms with Gasteiger partial charge in [-0.2, -0.15) is 0 Å². The van der Waals surface area contributed by atoms with E-state index in [4.69, 9.17) is 14.2 Å². The number of rotatable bonds is 9. The molecule has 0 unspecified atom stereocenters. The predicted octanol–water partition coefficient (Wildman–Crippen LogP) is 3.92. The first-order chi connectivity index (χ1) is 15.4. The molecule has 0 fully saturated rings. The zero-order chi connectivity index (χ0) is 23.1. The Balaban J connectivity index is 2.11. The van der Waals surface area contributed by atoms with Crippen LogP contribution in [0.15, 0.2) is 78.9 Å². The van der Waals surface area contributed by atoms with Gasteiger partial charge in [-0.1, -0.05) is 42.5 Å². The zero-order valence-corrected chi connectivity index (χ0v) is 17.6. The zero-order valence-electron chi connectivity index (χ0n) is 17.6. The van der Waals surface area contributed by atoms with Gasteiger partial charge in [0.1, 0.15) is 11.9 Å². The summed E-state index contributed by atoms with van der Waals surface area (Å²) in [7, 11) is 2.72. The van der Waals surface area contributed by atoms with Crippen LogP contribution in [0.1, 0.15) is 22.8 Å². The maximum atomic E-state index is 13.2. The highest BCUT2D eigenvalue weighted by molar-refractivity contribution is 5.82. The van der Waals surface area contributed by atoms with Crippen LogP contribution < -0.4 is 4.74 Å². The number of carbonyl (C=O) groups is 1. The van der Waals surface area contributed by atoms with Crippen LogP contribution in [-0.4, -0.2) is 30.2 Å². The number of hydrogen-bond donors (Lipinski definition) is 1. The summed E-state index contributed by atoms with van der Waals surface area (Å²) >= 11 is 0. The third kappa shape index (κ3) is 4.61. The van der Waals surface area contributed by atoms with Crippen molar-refractivity contribution in [3.05, 3.63) is 106 Å². The van der Waals surface area contributed by atoms with E-state index in [-0.39, 0.29) is 17.9 Å². The largest absolute Gasteiger partial charge is 0.497 e. The first-order valence-electron chi connectivity index (χ1n) is 9.75. The highest BCUT2D eigenvalue weighted by atomic mass is 16.6. The van der Waals surface area contributed by atoms with E-state index in [1.165, 1.54) is 38.5 Å². The molecular weight excluding hydrogens is 414 g/mol. The van der Waals surface area contributed by atoms with Gasteiger partial charge in [0, 0.05) is 12.1 Å². The smallest absolute Gasteiger partial charge is 0.346 e. The average Bonchev–Trinajstić information content (AvgIpc) is 2.85. The van der Waals surface area contributed by atoms with E-state index in [0.29, 0.717) is 11.3 Å². The van der Waals surface area contributed by atoms with Crippen LogP contribution in [0.25, 0.3) is 0 Å². The molecular formula is C24H23NO7. The van der Waals surface area contributed by atoms with Gasteiger partial charge in [0.25, 0.3) is 5.69 Å². The first-order valence-corrected chi connectivity index (χ1v) is 9.75. The van der Waals surface area contributed by atoms with E-state index in [2.05, 4.69) is 0 Å². The number of non-ortho nitro benzene ring substituents is 1. The lowest BCUT2D eigenvalue weighted by Gasteiger charge is -2.36. The fourth-order valence-corrected chi connectivity index (χ4v) is 3.38. The lowest BCUT2D eigenvalue weighted by Crippen LogP contribution is -2.45. The second-order valence-electron chi connectivity index (χ2n) is 6.98. The summed E-state index contributed by atoms with van der Waals surface area (Å²) in [6.07, 6.45) is -1.52. The van der Waals surface area contributed by atoms with Crippen LogP contribution in [0.2, 0.25) is 0 Å². The van der Waals surface area contributed by atoms with Crippen LogP contribution in [0.3, 0.4) is 0 Å². The molecule has 0 bridgehead atoms. The molecule has 0 heterocycles. The minimum absolute atomic E-state index is 0.00596. The average molecular weight is 437 g/mol. The number of aliphatic hydroxyl groups excluding tert-OH is 1. The number of nitro groups is 1. The number of ether oxygens (including phenoxy) is 3. The summed E-state index contributed by atoms with van der Waals surface area (Å²) in [5, 5.41) is 22.4. The number of nitro benzene ring substituents is 1. The third-order valence-electron chi connectivity index (χ3n) is 5.12. The molecule has 0 saturated heterocycles. The molecule has 0 spiro atoms. The number of benzene rings is 3. The number of carbonyl (C=O) groups excluding carboxylic acids is 1. The summed E-state index contributed by atoms with van der Waals surface area (Å²) in [6, 6.07) is 20.9. The van der Waals surface area contributed by atoms with Crippen molar-refractivity contribution in [2.45, 2.75) is 18.3 Å². The van der Waals surface area contributed by atoms with Gasteiger partial charge in [0.15, 0.2) is 0 Å². The third-order valence-corrected chi connectivity index (χ3v) is 5.12. The molecule has 0 radical (unpaired) electrons. The number of methoxy groups -OCH3 is 2. The van der Waals surface area contributed by atoms with Crippen LogP contribution in [0.4, 0.5) is 5.69 Å². The molecule has 3 rings (SSSR count). The number of nitrogens with zero attached hydrogens (tertiary/aromatic N) is 1. The van der Waals surface area contributed by atoms with Gasteiger partial charge in [-0.25, -0.2) is 4.79 Å². The summed E-state index contributed by atoms with van der Waals surface area (Å²) in [5.41, 5.74) is -0.700. The Labute approximate surface area is 185 Å². The van der Waals surface area contributed by atoms with Crippen molar-refractivity contribution in [3.63, 3.8) is 0 Å². The molecule has 0 amide bonds. The monoisotopic (exact) mass is 437 g/mol. The van der Waals surface area contributed by atoms with Crippen molar-refractivity contribution in [3.8, 4) is 5.75 Å². The SMILES string of the molecule is COC(=O)[C@](OCc1ccccc1)(c1ccc(OC)cc1)[C@H](O)c1ccc([N+](=O)[O-])cc1. The van der Waals surface area contributed by atoms with Crippen LogP contribution in [0.5, 0.6) is 5.75 Å². The predicted molar refractivity (Wildman–Crippen MR) is 116 cm³/mol. The van der Waals surface area contributed by atoms with E-state index >= 15 is 0 Å². The highest BCUT2D eigenvalue weighted by Crippen LogP contribution is 2.41. The van der Waals surface area contributed by atoms with Gasteiger partial charge in [-0.15, -0.1) is 0 Å². The Morgan fingerprint density at radius 3 is 2.16 bits per heavy atom. The molecule has 32 heavy (non-hydrogen) atoms. The lowest BCUT2D eigenvalue weighted by molar-refractivity contribution is -0.384. The Morgan fingerprint density at radius 1 is 1.00 bits per heavy atom. The van der Waals surface area contributed by atoms with Crippen LogP contribution in [-0.2, 0) is 26.5 Å².